The molecule has 1 heterocycles. The quantitative estimate of drug-likeness (QED) is 0.791. The first-order valence-electron chi connectivity index (χ1n) is 6.79. The Morgan fingerprint density at radius 3 is 2.67 bits per heavy atom. The number of nitrogens with one attached hydrogen (secondary N) is 1. The van der Waals surface area contributed by atoms with Crippen LogP contribution in [-0.2, 0) is 0 Å². The van der Waals surface area contributed by atoms with Crippen molar-refractivity contribution < 1.29 is 4.74 Å². The van der Waals surface area contributed by atoms with Gasteiger partial charge in [0.15, 0.2) is 0 Å². The van der Waals surface area contributed by atoms with E-state index in [0.29, 0.717) is 12.0 Å². The van der Waals surface area contributed by atoms with Crippen molar-refractivity contribution in [1.82, 2.24) is 4.98 Å². The van der Waals surface area contributed by atoms with Gasteiger partial charge >= 0.3 is 0 Å². The Balaban J connectivity index is 1.76. The summed E-state index contributed by atoms with van der Waals surface area (Å²) in [5.41, 5.74) is 1.04. The van der Waals surface area contributed by atoms with E-state index in [2.05, 4.69) is 4.98 Å². The van der Waals surface area contributed by atoms with Crippen LogP contribution in [0.15, 0.2) is 71.7 Å². The fourth-order valence-electron chi connectivity index (χ4n) is 2.20. The monoisotopic (exact) mass is 277 g/mol. The molecule has 1 N–H and O–H groups in total. The molecule has 3 nitrogen and oxygen atoms in total. The zero-order chi connectivity index (χ0) is 14.5. The van der Waals surface area contributed by atoms with E-state index in [4.69, 9.17) is 4.74 Å². The molecule has 3 aromatic rings. The molecule has 21 heavy (non-hydrogen) atoms. The highest BCUT2D eigenvalue weighted by Gasteiger charge is 2.03. The van der Waals surface area contributed by atoms with E-state index in [-0.39, 0.29) is 5.56 Å². The number of fused-ring (bicyclic) bond motifs is 1. The van der Waals surface area contributed by atoms with Gasteiger partial charge in [0.05, 0.1) is 5.39 Å². The molecule has 0 amide bonds. The average Bonchev–Trinajstić information content (AvgIpc) is 2.53. The first kappa shape index (κ1) is 13.2. The van der Waals surface area contributed by atoms with Crippen LogP contribution in [0.4, 0.5) is 0 Å². The molecule has 0 unspecified atom stereocenters. The minimum atomic E-state index is -0.0993. The normalized spacial score (nSPS) is 11.0. The number of aromatic amines is 1. The molecule has 2 aromatic carbocycles. The summed E-state index contributed by atoms with van der Waals surface area (Å²) >= 11 is 0. The molecule has 0 aliphatic heterocycles. The van der Waals surface area contributed by atoms with Gasteiger partial charge in [-0.1, -0.05) is 42.5 Å². The predicted octanol–water partition coefficient (Wildman–Crippen LogP) is 3.62. The van der Waals surface area contributed by atoms with Crippen molar-refractivity contribution in [2.75, 3.05) is 6.61 Å². The van der Waals surface area contributed by atoms with E-state index in [0.717, 1.165) is 16.7 Å². The third-order valence-electron chi connectivity index (χ3n) is 3.22. The van der Waals surface area contributed by atoms with E-state index in [1.807, 2.05) is 60.7 Å². The molecule has 0 saturated heterocycles. The fraction of sp³-hybridized carbons (Fsp3) is 0.0556. The molecule has 0 radical (unpaired) electrons. The molecule has 0 spiro atoms. The van der Waals surface area contributed by atoms with Crippen LogP contribution in [0.1, 0.15) is 5.56 Å². The Morgan fingerprint density at radius 2 is 1.81 bits per heavy atom. The van der Waals surface area contributed by atoms with Crippen molar-refractivity contribution in [3.63, 3.8) is 0 Å². The van der Waals surface area contributed by atoms with Crippen LogP contribution in [0.3, 0.4) is 0 Å². The standard InChI is InChI=1S/C18H15NO2/c20-18-16-9-4-10-17(15(16)11-12-19-18)21-13-5-8-14-6-2-1-3-7-14/h1-12H,13H2,(H,19,20)/b8-5+. The van der Waals surface area contributed by atoms with Gasteiger partial charge < -0.3 is 9.72 Å². The Kier molecular flexibility index (Phi) is 3.83. The van der Waals surface area contributed by atoms with Crippen molar-refractivity contribution in [3.8, 4) is 5.75 Å². The maximum Gasteiger partial charge on any atom is 0.255 e. The number of pyridine rings is 1. The summed E-state index contributed by atoms with van der Waals surface area (Å²) < 4.78 is 5.76. The predicted molar refractivity (Wildman–Crippen MR) is 85.5 cm³/mol. The second kappa shape index (κ2) is 6.09. The second-order valence-corrected chi connectivity index (χ2v) is 4.65. The van der Waals surface area contributed by atoms with Crippen LogP contribution < -0.4 is 10.3 Å². The Hall–Kier alpha value is -2.81. The summed E-state index contributed by atoms with van der Waals surface area (Å²) in [4.78, 5) is 14.4. The minimum Gasteiger partial charge on any atom is -0.489 e. The van der Waals surface area contributed by atoms with Crippen molar-refractivity contribution in [2.24, 2.45) is 0 Å². The Morgan fingerprint density at radius 1 is 0.952 bits per heavy atom. The van der Waals surface area contributed by atoms with Crippen LogP contribution in [0.5, 0.6) is 5.75 Å². The molecular formula is C18H15NO2. The maximum atomic E-state index is 11.7. The molecule has 0 atom stereocenters. The van der Waals surface area contributed by atoms with Gasteiger partial charge in [-0.2, -0.15) is 0 Å². The van der Waals surface area contributed by atoms with Gasteiger partial charge in [-0.15, -0.1) is 0 Å². The highest BCUT2D eigenvalue weighted by atomic mass is 16.5. The average molecular weight is 277 g/mol. The molecule has 1 aromatic heterocycles. The number of aromatic nitrogens is 1. The molecule has 0 aliphatic carbocycles. The van der Waals surface area contributed by atoms with Crippen molar-refractivity contribution in [1.29, 1.82) is 0 Å². The van der Waals surface area contributed by atoms with Crippen molar-refractivity contribution >= 4 is 16.8 Å². The zero-order valence-electron chi connectivity index (χ0n) is 11.5. The van der Waals surface area contributed by atoms with Gasteiger partial charge in [0.25, 0.3) is 5.56 Å². The van der Waals surface area contributed by atoms with Gasteiger partial charge in [0.2, 0.25) is 0 Å². The maximum absolute atomic E-state index is 11.7. The number of rotatable bonds is 4. The summed E-state index contributed by atoms with van der Waals surface area (Å²) in [6, 6.07) is 17.4. The summed E-state index contributed by atoms with van der Waals surface area (Å²) in [5, 5.41) is 1.47. The molecular weight excluding hydrogens is 262 g/mol. The molecule has 0 bridgehead atoms. The van der Waals surface area contributed by atoms with Crippen LogP contribution in [-0.4, -0.2) is 11.6 Å². The highest BCUT2D eigenvalue weighted by Crippen LogP contribution is 2.22. The van der Waals surface area contributed by atoms with Gasteiger partial charge in [-0.3, -0.25) is 4.79 Å². The summed E-state index contributed by atoms with van der Waals surface area (Å²) in [6.07, 6.45) is 5.61. The Labute approximate surface area is 122 Å². The third kappa shape index (κ3) is 3.03. The molecule has 0 fully saturated rings. The van der Waals surface area contributed by atoms with Crippen LogP contribution in [0.25, 0.3) is 16.8 Å². The lowest BCUT2D eigenvalue weighted by molar-refractivity contribution is 0.368. The minimum absolute atomic E-state index is 0.0993. The highest BCUT2D eigenvalue weighted by molar-refractivity contribution is 5.87. The summed E-state index contributed by atoms with van der Waals surface area (Å²) in [6.45, 7) is 0.459. The third-order valence-corrected chi connectivity index (χ3v) is 3.22. The summed E-state index contributed by atoms with van der Waals surface area (Å²) in [7, 11) is 0. The number of H-pyrrole nitrogens is 1. The van der Waals surface area contributed by atoms with Gasteiger partial charge in [-0.25, -0.2) is 0 Å². The van der Waals surface area contributed by atoms with Crippen LogP contribution in [0.2, 0.25) is 0 Å². The van der Waals surface area contributed by atoms with Crippen molar-refractivity contribution in [2.45, 2.75) is 0 Å². The van der Waals surface area contributed by atoms with Crippen molar-refractivity contribution in [3.05, 3.63) is 82.8 Å². The summed E-state index contributed by atoms with van der Waals surface area (Å²) in [5.74, 6) is 0.719. The Bertz CT molecular complexity index is 819. The topological polar surface area (TPSA) is 42.1 Å². The van der Waals surface area contributed by atoms with E-state index in [1.165, 1.54) is 0 Å². The van der Waals surface area contributed by atoms with Gasteiger partial charge in [0.1, 0.15) is 12.4 Å². The van der Waals surface area contributed by atoms with Crippen LogP contribution >= 0.6 is 0 Å². The largest absolute Gasteiger partial charge is 0.489 e. The van der Waals surface area contributed by atoms with E-state index < -0.39 is 0 Å². The van der Waals surface area contributed by atoms with Crippen LogP contribution in [0, 0.1) is 0 Å². The number of ether oxygens (including phenoxy) is 1. The lowest BCUT2D eigenvalue weighted by Gasteiger charge is -2.06. The van der Waals surface area contributed by atoms with E-state index in [9.17, 15) is 4.79 Å². The number of benzene rings is 2. The first-order valence-corrected chi connectivity index (χ1v) is 6.79. The smallest absolute Gasteiger partial charge is 0.255 e. The SMILES string of the molecule is O=c1[nH]ccc2c(OC/C=C/c3ccccc3)cccc12. The first-order chi connectivity index (χ1) is 10.3. The lowest BCUT2D eigenvalue weighted by Crippen LogP contribution is -2.05. The molecule has 0 aliphatic rings. The van der Waals surface area contributed by atoms with E-state index >= 15 is 0 Å². The van der Waals surface area contributed by atoms with Gasteiger partial charge in [0, 0.05) is 11.6 Å². The molecule has 104 valence electrons. The van der Waals surface area contributed by atoms with E-state index in [1.54, 1.807) is 12.3 Å². The molecule has 3 heteroatoms. The lowest BCUT2D eigenvalue weighted by atomic mass is 10.1. The van der Waals surface area contributed by atoms with Gasteiger partial charge in [-0.05, 0) is 29.8 Å². The molecule has 3 rings (SSSR count). The number of hydrogen-bond acceptors (Lipinski definition) is 2. The number of hydrogen-bond donors (Lipinski definition) is 1. The second-order valence-electron chi connectivity index (χ2n) is 4.65. The molecule has 0 saturated carbocycles. The fourth-order valence-corrected chi connectivity index (χ4v) is 2.20. The zero-order valence-corrected chi connectivity index (χ0v) is 11.5.